The molecule has 1 N–H and O–H groups in total. The van der Waals surface area contributed by atoms with Crippen molar-refractivity contribution >= 4 is 5.96 Å². The van der Waals surface area contributed by atoms with E-state index in [2.05, 4.69) is 17.2 Å². The van der Waals surface area contributed by atoms with Crippen molar-refractivity contribution in [3.8, 4) is 5.75 Å². The molecule has 0 aliphatic rings. The van der Waals surface area contributed by atoms with Crippen molar-refractivity contribution < 1.29 is 18.6 Å². The Labute approximate surface area is 156 Å². The van der Waals surface area contributed by atoms with Crippen LogP contribution in [-0.4, -0.2) is 71.1 Å². The lowest BCUT2D eigenvalue weighted by atomic mass is 10.3. The predicted molar refractivity (Wildman–Crippen MR) is 102 cm³/mol. The average Bonchev–Trinajstić information content (AvgIpc) is 2.65. The summed E-state index contributed by atoms with van der Waals surface area (Å²) in [7, 11) is 3.63. The number of aliphatic imine (C=N–C) groups is 1. The highest BCUT2D eigenvalue weighted by atomic mass is 19.1. The van der Waals surface area contributed by atoms with Gasteiger partial charge in [-0.2, -0.15) is 0 Å². The number of rotatable bonds is 13. The van der Waals surface area contributed by atoms with Crippen LogP contribution in [0.3, 0.4) is 0 Å². The minimum atomic E-state index is -0.353. The number of nitrogens with zero attached hydrogens (tertiary/aromatic N) is 2. The molecule has 0 fully saturated rings. The van der Waals surface area contributed by atoms with Gasteiger partial charge in [0.2, 0.25) is 0 Å². The molecule has 0 amide bonds. The van der Waals surface area contributed by atoms with Crippen LogP contribution in [0.15, 0.2) is 29.3 Å². The lowest BCUT2D eigenvalue weighted by Gasteiger charge is -2.22. The molecule has 1 aromatic carbocycles. The normalized spacial score (nSPS) is 11.5. The maximum Gasteiger partial charge on any atom is 0.193 e. The Bertz CT molecular complexity index is 515. The number of likely N-dealkylation sites (N-methyl/N-ethyl adjacent to an activating group) is 1. The van der Waals surface area contributed by atoms with Crippen LogP contribution in [0.5, 0.6) is 5.75 Å². The minimum Gasteiger partial charge on any atom is -0.489 e. The summed E-state index contributed by atoms with van der Waals surface area (Å²) >= 11 is 0. The second kappa shape index (κ2) is 14.3. The zero-order chi connectivity index (χ0) is 19.0. The van der Waals surface area contributed by atoms with Gasteiger partial charge in [-0.15, -0.1) is 0 Å². The van der Waals surface area contributed by atoms with Crippen LogP contribution in [0.4, 0.5) is 4.39 Å². The topological polar surface area (TPSA) is 55.3 Å². The molecule has 0 bridgehead atoms. The van der Waals surface area contributed by atoms with Crippen LogP contribution in [0, 0.1) is 5.82 Å². The molecule has 0 aromatic heterocycles. The monoisotopic (exact) mass is 369 g/mol. The molecule has 0 saturated heterocycles. The summed E-state index contributed by atoms with van der Waals surface area (Å²) in [5.74, 6) is 0.650. The first-order chi connectivity index (χ1) is 12.7. The molecule has 7 heteroatoms. The lowest BCUT2D eigenvalue weighted by Crippen LogP contribution is -2.42. The van der Waals surface area contributed by atoms with Gasteiger partial charge in [0.25, 0.3) is 0 Å². The first-order valence-electron chi connectivity index (χ1n) is 9.13. The van der Waals surface area contributed by atoms with Gasteiger partial charge in [-0.05, 0) is 18.6 Å². The highest BCUT2D eigenvalue weighted by Crippen LogP contribution is 2.14. The maximum absolute atomic E-state index is 13.5. The molecule has 0 atom stereocenters. The number of benzene rings is 1. The quantitative estimate of drug-likeness (QED) is 0.329. The summed E-state index contributed by atoms with van der Waals surface area (Å²) in [5.41, 5.74) is 0. The molecule has 1 rings (SSSR count). The Morgan fingerprint density at radius 2 is 1.85 bits per heavy atom. The third kappa shape index (κ3) is 9.58. The van der Waals surface area contributed by atoms with Gasteiger partial charge in [0.05, 0.1) is 26.4 Å². The third-order valence-electron chi connectivity index (χ3n) is 3.64. The molecule has 0 spiro atoms. The first kappa shape index (κ1) is 22.2. The summed E-state index contributed by atoms with van der Waals surface area (Å²) < 4.78 is 29.9. The molecule has 148 valence electrons. The number of hydrogen-bond donors (Lipinski definition) is 1. The largest absolute Gasteiger partial charge is 0.489 e. The zero-order valence-corrected chi connectivity index (χ0v) is 16.2. The average molecular weight is 369 g/mol. The van der Waals surface area contributed by atoms with E-state index >= 15 is 0 Å². The molecule has 1 aromatic rings. The van der Waals surface area contributed by atoms with E-state index in [1.165, 1.54) is 6.07 Å². The fourth-order valence-electron chi connectivity index (χ4n) is 2.15. The molecule has 0 aliphatic carbocycles. The molecule has 6 nitrogen and oxygen atoms in total. The van der Waals surface area contributed by atoms with Crippen molar-refractivity contribution in [3.63, 3.8) is 0 Å². The number of guanidine groups is 1. The van der Waals surface area contributed by atoms with Gasteiger partial charge in [-0.25, -0.2) is 4.39 Å². The van der Waals surface area contributed by atoms with Gasteiger partial charge in [0, 0.05) is 27.2 Å². The highest BCUT2D eigenvalue weighted by molar-refractivity contribution is 5.79. The van der Waals surface area contributed by atoms with Crippen LogP contribution in [0.25, 0.3) is 0 Å². The molecule has 26 heavy (non-hydrogen) atoms. The van der Waals surface area contributed by atoms with Gasteiger partial charge in [0.15, 0.2) is 17.5 Å². The van der Waals surface area contributed by atoms with E-state index in [1.54, 1.807) is 25.2 Å². The van der Waals surface area contributed by atoms with Crippen molar-refractivity contribution in [2.75, 3.05) is 60.2 Å². The van der Waals surface area contributed by atoms with E-state index in [1.807, 2.05) is 11.9 Å². The van der Waals surface area contributed by atoms with Crippen LogP contribution in [0.1, 0.15) is 19.8 Å². The summed E-state index contributed by atoms with van der Waals surface area (Å²) in [6.45, 7) is 6.34. The van der Waals surface area contributed by atoms with Crippen molar-refractivity contribution in [2.45, 2.75) is 19.8 Å². The van der Waals surface area contributed by atoms with Crippen LogP contribution in [0.2, 0.25) is 0 Å². The zero-order valence-electron chi connectivity index (χ0n) is 16.2. The molecule has 0 saturated carbocycles. The second-order valence-corrected chi connectivity index (χ2v) is 5.75. The summed E-state index contributed by atoms with van der Waals surface area (Å²) in [5, 5.41) is 3.22. The van der Waals surface area contributed by atoms with Crippen LogP contribution in [-0.2, 0) is 9.47 Å². The van der Waals surface area contributed by atoms with Crippen molar-refractivity contribution in [3.05, 3.63) is 30.1 Å². The van der Waals surface area contributed by atoms with E-state index in [9.17, 15) is 4.39 Å². The summed E-state index contributed by atoms with van der Waals surface area (Å²) in [6, 6.07) is 6.39. The fraction of sp³-hybridized carbons (Fsp3) is 0.632. The smallest absolute Gasteiger partial charge is 0.193 e. The Morgan fingerprint density at radius 1 is 1.12 bits per heavy atom. The molecule has 0 unspecified atom stereocenters. The van der Waals surface area contributed by atoms with Crippen molar-refractivity contribution in [1.29, 1.82) is 0 Å². The third-order valence-corrected chi connectivity index (χ3v) is 3.64. The van der Waals surface area contributed by atoms with E-state index in [0.29, 0.717) is 39.5 Å². The van der Waals surface area contributed by atoms with Gasteiger partial charge >= 0.3 is 0 Å². The number of hydrogen-bond acceptors (Lipinski definition) is 4. The lowest BCUT2D eigenvalue weighted by molar-refractivity contribution is 0.0486. The van der Waals surface area contributed by atoms with Crippen molar-refractivity contribution in [2.24, 2.45) is 4.99 Å². The number of ether oxygens (including phenoxy) is 3. The van der Waals surface area contributed by atoms with Gasteiger partial charge in [0.1, 0.15) is 6.61 Å². The Morgan fingerprint density at radius 3 is 2.54 bits per heavy atom. The fourth-order valence-corrected chi connectivity index (χ4v) is 2.15. The number of para-hydroxylation sites is 1. The Hall–Kier alpha value is -1.86. The standard InChI is InChI=1S/C19H32FN3O3/c1-4-5-12-24-15-16-25-13-10-22-19(21-2)23(3)11-14-26-18-9-7-6-8-17(18)20/h6-9H,4-5,10-16H2,1-3H3,(H,21,22). The van der Waals surface area contributed by atoms with Crippen molar-refractivity contribution in [1.82, 2.24) is 10.2 Å². The molecular formula is C19H32FN3O3. The summed E-state index contributed by atoms with van der Waals surface area (Å²) in [4.78, 5) is 6.15. The van der Waals surface area contributed by atoms with E-state index in [0.717, 1.165) is 25.4 Å². The van der Waals surface area contributed by atoms with Crippen LogP contribution < -0.4 is 10.1 Å². The molecule has 0 heterocycles. The second-order valence-electron chi connectivity index (χ2n) is 5.75. The number of nitrogens with one attached hydrogen (secondary N) is 1. The van der Waals surface area contributed by atoms with E-state index in [4.69, 9.17) is 14.2 Å². The Balaban J connectivity index is 2.12. The van der Waals surface area contributed by atoms with Gasteiger partial charge < -0.3 is 24.4 Å². The number of halogens is 1. The maximum atomic E-state index is 13.5. The van der Waals surface area contributed by atoms with E-state index < -0.39 is 0 Å². The highest BCUT2D eigenvalue weighted by Gasteiger charge is 2.06. The molecule has 0 aliphatic heterocycles. The number of unbranched alkanes of at least 4 members (excludes halogenated alkanes) is 1. The minimum absolute atomic E-state index is 0.262. The SMILES string of the molecule is CCCCOCCOCCNC(=NC)N(C)CCOc1ccccc1F. The summed E-state index contributed by atoms with van der Waals surface area (Å²) in [6.07, 6.45) is 2.23. The molecule has 0 radical (unpaired) electrons. The predicted octanol–water partition coefficient (Wildman–Crippen LogP) is 2.55. The van der Waals surface area contributed by atoms with Gasteiger partial charge in [-0.3, -0.25) is 4.99 Å². The van der Waals surface area contributed by atoms with E-state index in [-0.39, 0.29) is 11.6 Å². The molecular weight excluding hydrogens is 337 g/mol. The first-order valence-corrected chi connectivity index (χ1v) is 9.13. The van der Waals surface area contributed by atoms with Crippen LogP contribution >= 0.6 is 0 Å². The van der Waals surface area contributed by atoms with Gasteiger partial charge in [-0.1, -0.05) is 25.5 Å². The Kier molecular flexibility index (Phi) is 12.2.